The summed E-state index contributed by atoms with van der Waals surface area (Å²) in [7, 11) is 0. The maximum absolute atomic E-state index is 12.2. The highest BCUT2D eigenvalue weighted by atomic mass is 16.5. The number of carbonyl (C=O) groups excluding carboxylic acids is 2. The van der Waals surface area contributed by atoms with Crippen LogP contribution in [0.15, 0.2) is 27.4 Å². The SMILES string of the molecule is CC(=O)c1ccc2c(c1)oc(=O)n2CC(=O)OC1CCC(C)CC1. The minimum absolute atomic E-state index is 0.0631. The van der Waals surface area contributed by atoms with E-state index in [1.807, 2.05) is 0 Å². The molecule has 0 unspecified atom stereocenters. The molecule has 1 aromatic heterocycles. The molecule has 1 saturated carbocycles. The zero-order valence-electron chi connectivity index (χ0n) is 13.9. The van der Waals surface area contributed by atoms with Gasteiger partial charge in [0.1, 0.15) is 12.6 Å². The van der Waals surface area contributed by atoms with Gasteiger partial charge < -0.3 is 9.15 Å². The molecule has 128 valence electrons. The maximum Gasteiger partial charge on any atom is 0.420 e. The second-order valence-corrected chi connectivity index (χ2v) is 6.56. The molecule has 1 aliphatic rings. The average molecular weight is 331 g/mol. The number of hydrogen-bond acceptors (Lipinski definition) is 5. The first kappa shape index (κ1) is 16.5. The number of ketones is 1. The molecular weight excluding hydrogens is 310 g/mol. The number of esters is 1. The molecule has 2 aromatic rings. The van der Waals surface area contributed by atoms with Crippen molar-refractivity contribution in [1.29, 1.82) is 0 Å². The topological polar surface area (TPSA) is 78.5 Å². The molecule has 24 heavy (non-hydrogen) atoms. The van der Waals surface area contributed by atoms with Gasteiger partial charge in [-0.1, -0.05) is 6.92 Å². The van der Waals surface area contributed by atoms with Gasteiger partial charge in [-0.15, -0.1) is 0 Å². The molecule has 0 bridgehead atoms. The quantitative estimate of drug-likeness (QED) is 0.636. The van der Waals surface area contributed by atoms with Crippen LogP contribution >= 0.6 is 0 Å². The Morgan fingerprint density at radius 1 is 1.25 bits per heavy atom. The second kappa shape index (κ2) is 6.63. The molecule has 0 amide bonds. The van der Waals surface area contributed by atoms with Crippen LogP contribution in [0.5, 0.6) is 0 Å². The van der Waals surface area contributed by atoms with Gasteiger partial charge in [0, 0.05) is 5.56 Å². The summed E-state index contributed by atoms with van der Waals surface area (Å²) in [5.41, 5.74) is 1.24. The van der Waals surface area contributed by atoms with Crippen LogP contribution in [0.1, 0.15) is 49.9 Å². The Morgan fingerprint density at radius 2 is 1.96 bits per heavy atom. The molecule has 1 aliphatic carbocycles. The number of benzene rings is 1. The van der Waals surface area contributed by atoms with Gasteiger partial charge in [0.15, 0.2) is 11.4 Å². The molecule has 1 heterocycles. The summed E-state index contributed by atoms with van der Waals surface area (Å²) in [5.74, 6) is -0.496. The van der Waals surface area contributed by atoms with Crippen LogP contribution in [0.4, 0.5) is 0 Å². The van der Waals surface area contributed by atoms with Crippen molar-refractivity contribution in [1.82, 2.24) is 4.57 Å². The zero-order chi connectivity index (χ0) is 17.3. The summed E-state index contributed by atoms with van der Waals surface area (Å²) >= 11 is 0. The minimum Gasteiger partial charge on any atom is -0.461 e. The number of hydrogen-bond donors (Lipinski definition) is 0. The van der Waals surface area contributed by atoms with E-state index in [1.54, 1.807) is 12.1 Å². The van der Waals surface area contributed by atoms with Crippen LogP contribution in [-0.4, -0.2) is 22.4 Å². The van der Waals surface area contributed by atoms with Gasteiger partial charge >= 0.3 is 11.7 Å². The summed E-state index contributed by atoms with van der Waals surface area (Å²) in [6, 6.07) is 4.75. The molecule has 1 fully saturated rings. The lowest BCUT2D eigenvalue weighted by molar-refractivity contribution is -0.151. The maximum atomic E-state index is 12.2. The predicted molar refractivity (Wildman–Crippen MR) is 88.0 cm³/mol. The third-order valence-corrected chi connectivity index (χ3v) is 4.62. The summed E-state index contributed by atoms with van der Waals surface area (Å²) in [6.45, 7) is 3.46. The van der Waals surface area contributed by atoms with E-state index in [2.05, 4.69) is 6.92 Å². The number of oxazole rings is 1. The smallest absolute Gasteiger partial charge is 0.420 e. The minimum atomic E-state index is -0.625. The highest BCUT2D eigenvalue weighted by Gasteiger charge is 2.22. The first-order valence-corrected chi connectivity index (χ1v) is 8.28. The lowest BCUT2D eigenvalue weighted by Crippen LogP contribution is -2.28. The van der Waals surface area contributed by atoms with Crippen LogP contribution in [0.3, 0.4) is 0 Å². The predicted octanol–water partition coefficient (Wildman–Crippen LogP) is 2.92. The van der Waals surface area contributed by atoms with Crippen molar-refractivity contribution in [3.05, 3.63) is 34.3 Å². The van der Waals surface area contributed by atoms with Gasteiger partial charge in [0.25, 0.3) is 0 Å². The third kappa shape index (κ3) is 3.42. The normalized spacial score (nSPS) is 20.9. The highest BCUT2D eigenvalue weighted by Crippen LogP contribution is 2.25. The van der Waals surface area contributed by atoms with Crippen molar-refractivity contribution < 1.29 is 18.7 Å². The fraction of sp³-hybridized carbons (Fsp3) is 0.500. The molecule has 3 rings (SSSR count). The monoisotopic (exact) mass is 331 g/mol. The van der Waals surface area contributed by atoms with E-state index in [1.165, 1.54) is 17.6 Å². The van der Waals surface area contributed by atoms with Gasteiger partial charge in [-0.3, -0.25) is 14.2 Å². The Hall–Kier alpha value is -2.37. The van der Waals surface area contributed by atoms with E-state index >= 15 is 0 Å². The number of carbonyl (C=O) groups is 2. The van der Waals surface area contributed by atoms with Crippen molar-refractivity contribution in [3.63, 3.8) is 0 Å². The van der Waals surface area contributed by atoms with Crippen LogP contribution in [0.2, 0.25) is 0 Å². The molecule has 0 spiro atoms. The van der Waals surface area contributed by atoms with Gasteiger partial charge in [-0.25, -0.2) is 4.79 Å². The Kier molecular flexibility index (Phi) is 4.55. The summed E-state index contributed by atoms with van der Waals surface area (Å²) in [6.07, 6.45) is 3.79. The molecule has 0 aliphatic heterocycles. The van der Waals surface area contributed by atoms with Crippen LogP contribution < -0.4 is 5.76 Å². The van der Waals surface area contributed by atoms with E-state index in [9.17, 15) is 14.4 Å². The molecule has 1 aromatic carbocycles. The van der Waals surface area contributed by atoms with E-state index in [4.69, 9.17) is 9.15 Å². The van der Waals surface area contributed by atoms with E-state index < -0.39 is 11.7 Å². The molecule has 0 N–H and O–H groups in total. The number of fused-ring (bicyclic) bond motifs is 1. The molecule has 6 nitrogen and oxygen atoms in total. The van der Waals surface area contributed by atoms with Gasteiger partial charge in [0.05, 0.1) is 5.52 Å². The molecule has 0 radical (unpaired) electrons. The standard InChI is InChI=1S/C18H21NO5/c1-11-3-6-14(7-4-11)23-17(21)10-19-15-8-5-13(12(2)20)9-16(15)24-18(19)22/h5,8-9,11,14H,3-4,6-7,10H2,1-2H3. The largest absolute Gasteiger partial charge is 0.461 e. The summed E-state index contributed by atoms with van der Waals surface area (Å²) in [5, 5.41) is 0. The molecular formula is C18H21NO5. The number of nitrogens with zero attached hydrogens (tertiary/aromatic N) is 1. The van der Waals surface area contributed by atoms with Crippen molar-refractivity contribution in [2.45, 2.75) is 52.2 Å². The summed E-state index contributed by atoms with van der Waals surface area (Å²) < 4.78 is 11.9. The lowest BCUT2D eigenvalue weighted by atomic mass is 9.89. The Bertz CT molecular complexity index is 824. The number of rotatable bonds is 4. The Labute approximate surface area is 139 Å². The number of ether oxygens (including phenoxy) is 1. The van der Waals surface area contributed by atoms with Crippen molar-refractivity contribution >= 4 is 22.9 Å². The van der Waals surface area contributed by atoms with Crippen LogP contribution in [-0.2, 0) is 16.1 Å². The fourth-order valence-electron chi connectivity index (χ4n) is 3.13. The van der Waals surface area contributed by atoms with Gasteiger partial charge in [-0.05, 0) is 56.7 Å². The van der Waals surface area contributed by atoms with Gasteiger partial charge in [-0.2, -0.15) is 0 Å². The fourth-order valence-corrected chi connectivity index (χ4v) is 3.13. The Balaban J connectivity index is 1.75. The van der Waals surface area contributed by atoms with Crippen molar-refractivity contribution in [3.8, 4) is 0 Å². The highest BCUT2D eigenvalue weighted by molar-refractivity contribution is 5.97. The van der Waals surface area contributed by atoms with Crippen molar-refractivity contribution in [2.24, 2.45) is 5.92 Å². The first-order valence-electron chi connectivity index (χ1n) is 8.28. The van der Waals surface area contributed by atoms with Crippen LogP contribution in [0.25, 0.3) is 11.1 Å². The molecule has 6 heteroatoms. The molecule has 0 saturated heterocycles. The van der Waals surface area contributed by atoms with E-state index in [0.29, 0.717) is 22.6 Å². The van der Waals surface area contributed by atoms with Gasteiger partial charge in [0.2, 0.25) is 0 Å². The third-order valence-electron chi connectivity index (χ3n) is 4.62. The number of Topliss-reactive ketones (excluding diaryl/α,β-unsaturated/α-hetero) is 1. The Morgan fingerprint density at radius 3 is 2.62 bits per heavy atom. The van der Waals surface area contributed by atoms with Crippen molar-refractivity contribution in [2.75, 3.05) is 0 Å². The second-order valence-electron chi connectivity index (χ2n) is 6.56. The summed E-state index contributed by atoms with van der Waals surface area (Å²) in [4.78, 5) is 35.5. The lowest BCUT2D eigenvalue weighted by Gasteiger charge is -2.25. The zero-order valence-corrected chi connectivity index (χ0v) is 13.9. The average Bonchev–Trinajstić information content (AvgIpc) is 2.84. The van der Waals surface area contributed by atoms with E-state index in [-0.39, 0.29) is 18.4 Å². The number of aromatic nitrogens is 1. The molecule has 0 atom stereocenters. The first-order chi connectivity index (χ1) is 11.4. The van der Waals surface area contributed by atoms with Crippen LogP contribution in [0, 0.1) is 5.92 Å². The van der Waals surface area contributed by atoms with E-state index in [0.717, 1.165) is 25.7 Å².